The molecule has 0 bridgehead atoms. The maximum absolute atomic E-state index is 10.1. The minimum Gasteiger partial charge on any atom is -0.328 e. The summed E-state index contributed by atoms with van der Waals surface area (Å²) in [4.78, 5) is 19.5. The van der Waals surface area contributed by atoms with Crippen LogP contribution in [0, 0.1) is 4.91 Å². The van der Waals surface area contributed by atoms with Crippen molar-refractivity contribution in [3.05, 3.63) is 4.91 Å². The highest BCUT2D eigenvalue weighted by Crippen LogP contribution is 2.42. The molecule has 0 aliphatic heterocycles. The van der Waals surface area contributed by atoms with Gasteiger partial charge in [-0.05, 0) is 0 Å². The SMILES string of the molecule is NCCOP(=O)(O)N=O. The van der Waals surface area contributed by atoms with Crippen molar-refractivity contribution in [2.45, 2.75) is 0 Å². The summed E-state index contributed by atoms with van der Waals surface area (Å²) in [5.41, 5.74) is 4.89. The van der Waals surface area contributed by atoms with Gasteiger partial charge in [0.2, 0.25) is 0 Å². The van der Waals surface area contributed by atoms with E-state index in [1.807, 2.05) is 4.95 Å². The van der Waals surface area contributed by atoms with Crippen molar-refractivity contribution in [2.75, 3.05) is 13.2 Å². The van der Waals surface area contributed by atoms with E-state index in [9.17, 15) is 9.47 Å². The molecule has 0 radical (unpaired) electrons. The summed E-state index contributed by atoms with van der Waals surface area (Å²) in [6.07, 6.45) is 0. The van der Waals surface area contributed by atoms with Crippen LogP contribution in [0.5, 0.6) is 0 Å². The lowest BCUT2D eigenvalue weighted by Crippen LogP contribution is -2.06. The van der Waals surface area contributed by atoms with E-state index in [0.717, 1.165) is 0 Å². The van der Waals surface area contributed by atoms with Gasteiger partial charge in [0, 0.05) is 11.5 Å². The molecule has 0 rings (SSSR count). The third-order valence-electron chi connectivity index (χ3n) is 0.480. The first-order valence-corrected chi connectivity index (χ1v) is 3.67. The minimum atomic E-state index is -4.20. The minimum absolute atomic E-state index is 0.0834. The molecule has 0 saturated heterocycles. The van der Waals surface area contributed by atoms with Crippen molar-refractivity contribution >= 4 is 7.75 Å². The summed E-state index contributed by atoms with van der Waals surface area (Å²) in [6, 6.07) is 0. The molecular formula is C2H7N2O4P. The second-order valence-electron chi connectivity index (χ2n) is 1.19. The summed E-state index contributed by atoms with van der Waals surface area (Å²) in [6.45, 7) is -0.0560. The fourth-order valence-corrected chi connectivity index (χ4v) is 0.586. The van der Waals surface area contributed by atoms with Crippen molar-refractivity contribution in [3.63, 3.8) is 0 Å². The second-order valence-corrected chi connectivity index (χ2v) is 2.60. The summed E-state index contributed by atoms with van der Waals surface area (Å²) in [7, 11) is -4.20. The average molecular weight is 154 g/mol. The fourth-order valence-electron chi connectivity index (χ4n) is 0.195. The smallest absolute Gasteiger partial charge is 0.328 e. The van der Waals surface area contributed by atoms with Crippen LogP contribution >= 0.6 is 7.75 Å². The monoisotopic (exact) mass is 154 g/mol. The van der Waals surface area contributed by atoms with Gasteiger partial charge >= 0.3 is 7.75 Å². The van der Waals surface area contributed by atoms with Crippen molar-refractivity contribution < 1.29 is 14.0 Å². The molecule has 54 valence electrons. The average Bonchev–Trinajstić information content (AvgIpc) is 1.84. The Hall–Kier alpha value is -0.290. The van der Waals surface area contributed by atoms with E-state index in [0.29, 0.717) is 0 Å². The van der Waals surface area contributed by atoms with Crippen LogP contribution in [0.15, 0.2) is 4.95 Å². The largest absolute Gasteiger partial charge is 0.487 e. The van der Waals surface area contributed by atoms with Crippen LogP contribution in [0.2, 0.25) is 0 Å². The molecule has 0 heterocycles. The zero-order valence-electron chi connectivity index (χ0n) is 4.56. The standard InChI is InChI=1S/C2H7N2O4P/c3-1-2-8-9(6,7)4-5/h1-3H2,(H,6,7). The van der Waals surface area contributed by atoms with Crippen molar-refractivity contribution in [3.8, 4) is 0 Å². The zero-order valence-corrected chi connectivity index (χ0v) is 5.45. The molecule has 0 aromatic carbocycles. The fraction of sp³-hybridized carbons (Fsp3) is 1.00. The van der Waals surface area contributed by atoms with E-state index >= 15 is 0 Å². The summed E-state index contributed by atoms with van der Waals surface area (Å²) >= 11 is 0. The lowest BCUT2D eigenvalue weighted by atomic mass is 10.8. The Morgan fingerprint density at radius 1 is 1.78 bits per heavy atom. The molecule has 0 spiro atoms. The van der Waals surface area contributed by atoms with Gasteiger partial charge in [0.15, 0.2) is 0 Å². The molecule has 0 aliphatic carbocycles. The van der Waals surface area contributed by atoms with E-state index in [2.05, 4.69) is 4.52 Å². The van der Waals surface area contributed by atoms with Crippen LogP contribution in [-0.2, 0) is 9.09 Å². The van der Waals surface area contributed by atoms with E-state index in [1.54, 1.807) is 0 Å². The molecule has 1 unspecified atom stereocenters. The maximum Gasteiger partial charge on any atom is 0.487 e. The summed E-state index contributed by atoms with van der Waals surface area (Å²) in [5, 5.41) is 0. The van der Waals surface area contributed by atoms with E-state index in [1.165, 1.54) is 0 Å². The van der Waals surface area contributed by atoms with Gasteiger partial charge in [-0.25, -0.2) is 4.57 Å². The van der Waals surface area contributed by atoms with E-state index in [4.69, 9.17) is 10.6 Å². The Morgan fingerprint density at radius 2 is 2.33 bits per heavy atom. The topological polar surface area (TPSA) is 102 Å². The number of hydrogen-bond donors (Lipinski definition) is 2. The van der Waals surface area contributed by atoms with Gasteiger partial charge in [0.25, 0.3) is 0 Å². The summed E-state index contributed by atoms with van der Waals surface area (Å²) < 4.78 is 14.2. The van der Waals surface area contributed by atoms with Gasteiger partial charge in [0.05, 0.1) is 6.61 Å². The zero-order chi connectivity index (χ0) is 7.33. The Kier molecular flexibility index (Phi) is 3.56. The van der Waals surface area contributed by atoms with Crippen LogP contribution in [0.4, 0.5) is 0 Å². The molecule has 0 fully saturated rings. The van der Waals surface area contributed by atoms with Gasteiger partial charge in [-0.1, -0.05) is 0 Å². The Labute approximate surface area is 51.6 Å². The van der Waals surface area contributed by atoms with Crippen LogP contribution in [0.3, 0.4) is 0 Å². The van der Waals surface area contributed by atoms with E-state index in [-0.39, 0.29) is 13.2 Å². The normalized spacial score (nSPS) is 16.7. The highest BCUT2D eigenvalue weighted by atomic mass is 31.2. The maximum atomic E-state index is 10.1. The van der Waals surface area contributed by atoms with E-state index < -0.39 is 7.75 Å². The number of nitroso groups, excluding NO2 is 1. The molecule has 3 N–H and O–H groups in total. The first-order chi connectivity index (χ1) is 4.12. The first kappa shape index (κ1) is 8.71. The van der Waals surface area contributed by atoms with Crippen LogP contribution in [-0.4, -0.2) is 18.0 Å². The third-order valence-corrected chi connectivity index (χ3v) is 1.21. The number of nitrogens with two attached hydrogens (primary N) is 1. The third kappa shape index (κ3) is 4.23. The van der Waals surface area contributed by atoms with Gasteiger partial charge in [-0.3, -0.25) is 4.52 Å². The van der Waals surface area contributed by atoms with Crippen molar-refractivity contribution in [1.29, 1.82) is 0 Å². The number of rotatable bonds is 4. The number of hydrogen-bond acceptors (Lipinski definition) is 4. The van der Waals surface area contributed by atoms with Gasteiger partial charge in [0.1, 0.15) is 0 Å². The summed E-state index contributed by atoms with van der Waals surface area (Å²) in [5.74, 6) is 0. The Balaban J connectivity index is 3.59. The van der Waals surface area contributed by atoms with Crippen LogP contribution in [0.25, 0.3) is 0 Å². The molecule has 0 amide bonds. The van der Waals surface area contributed by atoms with Crippen molar-refractivity contribution in [1.82, 2.24) is 0 Å². The second kappa shape index (κ2) is 3.68. The van der Waals surface area contributed by atoms with Crippen LogP contribution in [0.1, 0.15) is 0 Å². The highest BCUT2D eigenvalue weighted by Gasteiger charge is 2.18. The van der Waals surface area contributed by atoms with Gasteiger partial charge < -0.3 is 10.6 Å². The molecule has 0 aliphatic rings. The quantitative estimate of drug-likeness (QED) is 0.432. The van der Waals surface area contributed by atoms with Crippen LogP contribution < -0.4 is 5.73 Å². The molecule has 0 saturated carbocycles. The molecule has 1 atom stereocenters. The number of nitrogens with zero attached hydrogens (tertiary/aromatic N) is 1. The lowest BCUT2D eigenvalue weighted by molar-refractivity contribution is 0.267. The lowest BCUT2D eigenvalue weighted by Gasteiger charge is -1.99. The molecule has 6 nitrogen and oxygen atoms in total. The Bertz CT molecular complexity index is 137. The Morgan fingerprint density at radius 3 is 2.67 bits per heavy atom. The highest BCUT2D eigenvalue weighted by molar-refractivity contribution is 7.51. The molecule has 0 aromatic rings. The molecule has 7 heteroatoms. The van der Waals surface area contributed by atoms with Gasteiger partial charge in [-0.15, -0.1) is 4.91 Å². The first-order valence-electron chi connectivity index (χ1n) is 2.14. The molecular weight excluding hydrogens is 147 g/mol. The predicted octanol–water partition coefficient (Wildman–Crippen LogP) is -0.172. The predicted molar refractivity (Wildman–Crippen MR) is 30.6 cm³/mol. The van der Waals surface area contributed by atoms with Gasteiger partial charge in [-0.2, -0.15) is 0 Å². The molecule has 9 heavy (non-hydrogen) atoms. The van der Waals surface area contributed by atoms with Crippen molar-refractivity contribution in [2.24, 2.45) is 10.7 Å². The molecule has 0 aromatic heterocycles.